The molecule has 1 fully saturated rings. The summed E-state index contributed by atoms with van der Waals surface area (Å²) in [5.74, 6) is -2.36. The van der Waals surface area contributed by atoms with Gasteiger partial charge in [0.1, 0.15) is 24.1 Å². The van der Waals surface area contributed by atoms with Crippen molar-refractivity contribution in [2.75, 3.05) is 19.8 Å². The number of hydrogen-bond acceptors (Lipinski definition) is 5. The van der Waals surface area contributed by atoms with Crippen LogP contribution in [0.15, 0.2) is 29.2 Å². The van der Waals surface area contributed by atoms with E-state index in [0.29, 0.717) is 13.0 Å². The summed E-state index contributed by atoms with van der Waals surface area (Å²) >= 11 is 0. The van der Waals surface area contributed by atoms with Crippen molar-refractivity contribution >= 4 is 22.8 Å². The third-order valence-corrected chi connectivity index (χ3v) is 4.15. The van der Waals surface area contributed by atoms with Gasteiger partial charge in [0.2, 0.25) is 5.43 Å². The van der Waals surface area contributed by atoms with Crippen LogP contribution < -0.4 is 10.7 Å². The summed E-state index contributed by atoms with van der Waals surface area (Å²) in [5, 5.41) is 11.5. The van der Waals surface area contributed by atoms with E-state index in [-0.39, 0.29) is 23.1 Å². The van der Waals surface area contributed by atoms with E-state index in [4.69, 9.17) is 14.6 Å². The van der Waals surface area contributed by atoms with E-state index in [1.807, 2.05) is 0 Å². The Morgan fingerprint density at radius 2 is 2.23 bits per heavy atom. The fourth-order valence-corrected chi connectivity index (χ4v) is 2.85. The van der Waals surface area contributed by atoms with Crippen LogP contribution in [0.1, 0.15) is 16.8 Å². The molecule has 2 heterocycles. The summed E-state index contributed by atoms with van der Waals surface area (Å²) in [6.45, 7) is -0.00901. The number of rotatable bonds is 5. The lowest BCUT2D eigenvalue weighted by Gasteiger charge is -2.31. The van der Waals surface area contributed by atoms with Gasteiger partial charge in [-0.2, -0.15) is 0 Å². The number of ether oxygens (including phenoxy) is 2. The minimum atomic E-state index is -1.13. The molecule has 3 rings (SSSR count). The number of benzene rings is 1. The summed E-state index contributed by atoms with van der Waals surface area (Å²) in [6, 6.07) is 3.53. The highest BCUT2D eigenvalue weighted by Gasteiger charge is 2.29. The van der Waals surface area contributed by atoms with E-state index < -0.39 is 41.9 Å². The number of aliphatic carboxylic acids is 1. The highest BCUT2D eigenvalue weighted by molar-refractivity contribution is 5.97. The standard InChI is InChI=1S/C17H17FN2O6/c18-11-3-1-2-9-15(11)19-6-10(16(9)23)17(24)20-12-4-5-25-7-13(12)26-8-14(21)22/h1-3,6,12-13H,4-5,7-8H2,(H,19,23)(H,20,24)(H,21,22)/t12-,13-/m1/s1. The van der Waals surface area contributed by atoms with Crippen molar-refractivity contribution in [1.29, 1.82) is 0 Å². The van der Waals surface area contributed by atoms with Crippen LogP contribution in [0.2, 0.25) is 0 Å². The Kier molecular flexibility index (Phi) is 5.29. The van der Waals surface area contributed by atoms with E-state index >= 15 is 0 Å². The number of hydrogen-bond donors (Lipinski definition) is 3. The predicted molar refractivity (Wildman–Crippen MR) is 88.6 cm³/mol. The molecule has 26 heavy (non-hydrogen) atoms. The van der Waals surface area contributed by atoms with Crippen LogP contribution in [-0.4, -0.2) is 53.9 Å². The zero-order valence-electron chi connectivity index (χ0n) is 13.7. The average molecular weight is 364 g/mol. The number of fused-ring (bicyclic) bond motifs is 1. The molecule has 1 aromatic heterocycles. The molecule has 9 heteroatoms. The van der Waals surface area contributed by atoms with Gasteiger partial charge in [0, 0.05) is 18.2 Å². The number of aromatic nitrogens is 1. The third-order valence-electron chi connectivity index (χ3n) is 4.15. The van der Waals surface area contributed by atoms with Crippen LogP contribution in [-0.2, 0) is 14.3 Å². The molecular weight excluding hydrogens is 347 g/mol. The van der Waals surface area contributed by atoms with Crippen molar-refractivity contribution in [1.82, 2.24) is 10.3 Å². The van der Waals surface area contributed by atoms with Gasteiger partial charge in [0.15, 0.2) is 0 Å². The van der Waals surface area contributed by atoms with Gasteiger partial charge in [-0.15, -0.1) is 0 Å². The quantitative estimate of drug-likeness (QED) is 0.717. The van der Waals surface area contributed by atoms with Crippen LogP contribution in [0.25, 0.3) is 10.9 Å². The van der Waals surface area contributed by atoms with Crippen LogP contribution in [0.5, 0.6) is 0 Å². The average Bonchev–Trinajstić information content (AvgIpc) is 2.62. The van der Waals surface area contributed by atoms with Crippen molar-refractivity contribution in [3.63, 3.8) is 0 Å². The largest absolute Gasteiger partial charge is 0.480 e. The van der Waals surface area contributed by atoms with Crippen LogP contribution in [0.4, 0.5) is 4.39 Å². The van der Waals surface area contributed by atoms with Gasteiger partial charge in [-0.05, 0) is 18.6 Å². The summed E-state index contributed by atoms with van der Waals surface area (Å²) in [4.78, 5) is 38.3. The Morgan fingerprint density at radius 1 is 1.42 bits per heavy atom. The van der Waals surface area contributed by atoms with Crippen molar-refractivity contribution in [3.8, 4) is 0 Å². The van der Waals surface area contributed by atoms with E-state index in [9.17, 15) is 18.8 Å². The van der Waals surface area contributed by atoms with E-state index in [1.165, 1.54) is 18.2 Å². The lowest BCUT2D eigenvalue weighted by molar-refractivity contribution is -0.148. The molecule has 8 nitrogen and oxygen atoms in total. The van der Waals surface area contributed by atoms with Gasteiger partial charge in [0.05, 0.1) is 18.2 Å². The molecule has 0 radical (unpaired) electrons. The second kappa shape index (κ2) is 7.63. The number of carboxylic acid groups (broad SMARTS) is 1. The molecule has 1 aliphatic heterocycles. The number of carboxylic acids is 1. The number of H-pyrrole nitrogens is 1. The first-order valence-corrected chi connectivity index (χ1v) is 7.99. The summed E-state index contributed by atoms with van der Waals surface area (Å²) in [5.41, 5.74) is -0.722. The van der Waals surface area contributed by atoms with Crippen molar-refractivity contribution in [2.45, 2.75) is 18.6 Å². The second-order valence-electron chi connectivity index (χ2n) is 5.88. The van der Waals surface area contributed by atoms with Gasteiger partial charge < -0.3 is 24.9 Å². The Morgan fingerprint density at radius 3 is 3.00 bits per heavy atom. The maximum Gasteiger partial charge on any atom is 0.329 e. The van der Waals surface area contributed by atoms with E-state index in [1.54, 1.807) is 0 Å². The van der Waals surface area contributed by atoms with Crippen molar-refractivity contribution < 1.29 is 28.6 Å². The SMILES string of the molecule is O=C(O)CO[C@@H]1COCC[C@H]1NC(=O)c1c[nH]c2c(F)cccc2c1=O. The molecule has 1 saturated heterocycles. The van der Waals surface area contributed by atoms with Gasteiger partial charge >= 0.3 is 5.97 Å². The number of halogens is 1. The fraction of sp³-hybridized carbons (Fsp3) is 0.353. The molecule has 0 saturated carbocycles. The third kappa shape index (κ3) is 3.73. The Hall–Kier alpha value is -2.78. The predicted octanol–water partition coefficient (Wildman–Crippen LogP) is 0.656. The number of amides is 1. The second-order valence-corrected chi connectivity index (χ2v) is 5.88. The maximum absolute atomic E-state index is 13.7. The van der Waals surface area contributed by atoms with E-state index in [2.05, 4.69) is 10.3 Å². The molecule has 0 bridgehead atoms. The lowest BCUT2D eigenvalue weighted by atomic mass is 10.0. The van der Waals surface area contributed by atoms with Gasteiger partial charge in [0.25, 0.3) is 5.91 Å². The van der Waals surface area contributed by atoms with Gasteiger partial charge in [-0.1, -0.05) is 6.07 Å². The minimum absolute atomic E-state index is 0.0304. The van der Waals surface area contributed by atoms with Gasteiger partial charge in [-0.3, -0.25) is 9.59 Å². The fourth-order valence-electron chi connectivity index (χ4n) is 2.85. The number of para-hydroxylation sites is 1. The van der Waals surface area contributed by atoms with E-state index in [0.717, 1.165) is 6.20 Å². The number of pyridine rings is 1. The summed E-state index contributed by atoms with van der Waals surface area (Å²) < 4.78 is 24.2. The first-order chi connectivity index (χ1) is 12.5. The molecule has 1 amide bonds. The number of aromatic amines is 1. The first kappa shape index (κ1) is 18.0. The lowest BCUT2D eigenvalue weighted by Crippen LogP contribution is -2.51. The smallest absolute Gasteiger partial charge is 0.329 e. The molecule has 1 aliphatic rings. The van der Waals surface area contributed by atoms with Crippen LogP contribution >= 0.6 is 0 Å². The van der Waals surface area contributed by atoms with Gasteiger partial charge in [-0.25, -0.2) is 9.18 Å². The molecule has 1 aromatic carbocycles. The molecule has 3 N–H and O–H groups in total. The molecule has 138 valence electrons. The monoisotopic (exact) mass is 364 g/mol. The number of nitrogens with one attached hydrogen (secondary N) is 2. The number of carbonyl (C=O) groups is 2. The summed E-state index contributed by atoms with van der Waals surface area (Å²) in [7, 11) is 0. The Labute approximate surface area is 146 Å². The van der Waals surface area contributed by atoms with Crippen LogP contribution in [0, 0.1) is 5.82 Å². The molecule has 0 unspecified atom stereocenters. The summed E-state index contributed by atoms with van der Waals surface area (Å²) in [6.07, 6.45) is 0.937. The zero-order valence-corrected chi connectivity index (χ0v) is 13.7. The highest BCUT2D eigenvalue weighted by atomic mass is 19.1. The van der Waals surface area contributed by atoms with Crippen molar-refractivity contribution in [2.24, 2.45) is 0 Å². The zero-order chi connectivity index (χ0) is 18.7. The number of carbonyl (C=O) groups excluding carboxylic acids is 1. The normalized spacial score (nSPS) is 20.0. The molecule has 2 atom stereocenters. The molecule has 0 aliphatic carbocycles. The molecular formula is C17H17FN2O6. The van der Waals surface area contributed by atoms with Crippen LogP contribution in [0.3, 0.4) is 0 Å². The highest BCUT2D eigenvalue weighted by Crippen LogP contribution is 2.14. The maximum atomic E-state index is 13.7. The molecule has 0 spiro atoms. The topological polar surface area (TPSA) is 118 Å². The van der Waals surface area contributed by atoms with Crippen molar-refractivity contribution in [3.05, 3.63) is 46.0 Å². The molecule has 2 aromatic rings. The first-order valence-electron chi connectivity index (χ1n) is 7.99. The Balaban J connectivity index is 1.80. The minimum Gasteiger partial charge on any atom is -0.480 e. The Bertz CT molecular complexity index is 896.